The first kappa shape index (κ1) is 22.7. The normalized spacial score (nSPS) is 13.7. The molecule has 0 radical (unpaired) electrons. The topological polar surface area (TPSA) is 84.5 Å². The molecule has 0 bridgehead atoms. The molecule has 0 fully saturated rings. The van der Waals surface area contributed by atoms with Crippen molar-refractivity contribution in [1.82, 2.24) is 5.32 Å². The second-order valence-electron chi connectivity index (χ2n) is 8.45. The van der Waals surface area contributed by atoms with Gasteiger partial charge in [0.15, 0.2) is 11.6 Å². The van der Waals surface area contributed by atoms with Gasteiger partial charge < -0.3 is 10.1 Å². The van der Waals surface area contributed by atoms with E-state index in [4.69, 9.17) is 4.74 Å². The summed E-state index contributed by atoms with van der Waals surface area (Å²) in [5.41, 5.74) is 1.63. The van der Waals surface area contributed by atoms with E-state index in [0.29, 0.717) is 11.3 Å². The summed E-state index contributed by atoms with van der Waals surface area (Å²) in [6.07, 6.45) is 2.52. The van der Waals surface area contributed by atoms with Crippen molar-refractivity contribution < 1.29 is 26.7 Å². The van der Waals surface area contributed by atoms with Gasteiger partial charge in [0.1, 0.15) is 18.0 Å². The predicted octanol–water partition coefficient (Wildman–Crippen LogP) is 3.73. The zero-order valence-electron chi connectivity index (χ0n) is 17.7. The number of hydrogen-bond acceptors (Lipinski definition) is 4. The maximum absolute atomic E-state index is 14.1. The van der Waals surface area contributed by atoms with Gasteiger partial charge in [0.05, 0.1) is 11.8 Å². The van der Waals surface area contributed by atoms with Gasteiger partial charge in [-0.15, -0.1) is 0 Å². The van der Waals surface area contributed by atoms with Crippen LogP contribution in [0.25, 0.3) is 6.08 Å². The summed E-state index contributed by atoms with van der Waals surface area (Å²) in [7, 11) is -3.83. The number of amides is 1. The van der Waals surface area contributed by atoms with E-state index in [9.17, 15) is 22.0 Å². The smallest absolute Gasteiger partial charge is 0.250 e. The SMILES string of the molecule is CC(C)(C)c1ccc2c(c1)OCC(C(=O)NCc1cc(F)c(NS(C)(=O)=O)c(F)c1)=C2. The monoisotopic (exact) mass is 450 g/mol. The molecule has 1 amide bonds. The van der Waals surface area contributed by atoms with Crippen molar-refractivity contribution in [2.45, 2.75) is 32.7 Å². The standard InChI is InChI=1S/C22H24F2N2O4S/c1-22(2,3)16-6-5-14-9-15(12-30-19(14)10-16)21(27)25-11-13-7-17(23)20(18(24)8-13)26-31(4,28)29/h5-10,26H,11-12H2,1-4H3,(H,25,27). The van der Waals surface area contributed by atoms with Crippen LogP contribution in [-0.4, -0.2) is 27.2 Å². The first-order chi connectivity index (χ1) is 14.3. The number of ether oxygens (including phenoxy) is 1. The zero-order chi connectivity index (χ0) is 23.0. The van der Waals surface area contributed by atoms with Crippen LogP contribution < -0.4 is 14.8 Å². The largest absolute Gasteiger partial charge is 0.488 e. The van der Waals surface area contributed by atoms with Gasteiger partial charge in [-0.25, -0.2) is 17.2 Å². The van der Waals surface area contributed by atoms with Crippen LogP contribution >= 0.6 is 0 Å². The van der Waals surface area contributed by atoms with Gasteiger partial charge in [0, 0.05) is 12.1 Å². The minimum atomic E-state index is -3.83. The Balaban J connectivity index is 1.71. The van der Waals surface area contributed by atoms with Crippen molar-refractivity contribution in [2.24, 2.45) is 0 Å². The van der Waals surface area contributed by atoms with Crippen LogP contribution in [0.3, 0.4) is 0 Å². The van der Waals surface area contributed by atoms with Gasteiger partial charge in [0.2, 0.25) is 10.0 Å². The number of fused-ring (bicyclic) bond motifs is 1. The Morgan fingerprint density at radius 3 is 2.35 bits per heavy atom. The van der Waals surface area contributed by atoms with Gasteiger partial charge in [-0.2, -0.15) is 0 Å². The summed E-state index contributed by atoms with van der Waals surface area (Å²) in [6.45, 7) is 6.23. The molecule has 9 heteroatoms. The molecule has 0 saturated heterocycles. The molecule has 2 aromatic rings. The van der Waals surface area contributed by atoms with E-state index >= 15 is 0 Å². The molecular weight excluding hydrogens is 426 g/mol. The molecule has 0 unspecified atom stereocenters. The highest BCUT2D eigenvalue weighted by molar-refractivity contribution is 7.92. The highest BCUT2D eigenvalue weighted by Crippen LogP contribution is 2.32. The van der Waals surface area contributed by atoms with E-state index in [1.807, 2.05) is 18.2 Å². The average molecular weight is 451 g/mol. The maximum atomic E-state index is 14.1. The van der Waals surface area contributed by atoms with Crippen molar-refractivity contribution >= 4 is 27.7 Å². The van der Waals surface area contributed by atoms with Gasteiger partial charge in [-0.3, -0.25) is 9.52 Å². The van der Waals surface area contributed by atoms with E-state index in [1.165, 1.54) is 0 Å². The highest BCUT2D eigenvalue weighted by Gasteiger charge is 2.21. The van der Waals surface area contributed by atoms with Gasteiger partial charge in [-0.05, 0) is 40.8 Å². The van der Waals surface area contributed by atoms with Crippen LogP contribution in [0.1, 0.15) is 37.5 Å². The lowest BCUT2D eigenvalue weighted by Crippen LogP contribution is -2.28. The van der Waals surface area contributed by atoms with E-state index in [-0.39, 0.29) is 24.1 Å². The molecular formula is C22H24F2N2O4S. The van der Waals surface area contributed by atoms with Gasteiger partial charge >= 0.3 is 0 Å². The van der Waals surface area contributed by atoms with Crippen LogP contribution in [0.2, 0.25) is 0 Å². The van der Waals surface area contributed by atoms with E-state index in [1.54, 1.807) is 10.8 Å². The first-order valence-electron chi connectivity index (χ1n) is 9.55. The number of anilines is 1. The molecule has 2 N–H and O–H groups in total. The second-order valence-corrected chi connectivity index (χ2v) is 10.2. The summed E-state index contributed by atoms with van der Waals surface area (Å²) < 4.78 is 58.1. The molecule has 0 saturated carbocycles. The quantitative estimate of drug-likeness (QED) is 0.727. The van der Waals surface area contributed by atoms with Crippen LogP contribution in [-0.2, 0) is 26.8 Å². The number of sulfonamides is 1. The summed E-state index contributed by atoms with van der Waals surface area (Å²) in [4.78, 5) is 12.5. The summed E-state index contributed by atoms with van der Waals surface area (Å²) >= 11 is 0. The Morgan fingerprint density at radius 1 is 1.13 bits per heavy atom. The Labute approximate surface area is 180 Å². The third-order valence-corrected chi connectivity index (χ3v) is 5.30. The molecule has 166 valence electrons. The number of benzene rings is 2. The molecule has 0 spiro atoms. The lowest BCUT2D eigenvalue weighted by Gasteiger charge is -2.23. The molecule has 6 nitrogen and oxygen atoms in total. The summed E-state index contributed by atoms with van der Waals surface area (Å²) in [6, 6.07) is 7.76. The molecule has 1 aliphatic heterocycles. The van der Waals surface area contributed by atoms with Crippen molar-refractivity contribution in [3.05, 3.63) is 64.2 Å². The number of nitrogens with one attached hydrogen (secondary N) is 2. The van der Waals surface area contributed by atoms with Gasteiger partial charge in [0.25, 0.3) is 5.91 Å². The van der Waals surface area contributed by atoms with Gasteiger partial charge in [-0.1, -0.05) is 32.9 Å². The molecule has 3 rings (SSSR count). The van der Waals surface area contributed by atoms with Crippen LogP contribution in [0, 0.1) is 11.6 Å². The third-order valence-electron chi connectivity index (χ3n) is 4.73. The highest BCUT2D eigenvalue weighted by atomic mass is 32.2. The van der Waals surface area contributed by atoms with Crippen LogP contribution in [0.4, 0.5) is 14.5 Å². The minimum Gasteiger partial charge on any atom is -0.488 e. The Hall–Kier alpha value is -2.94. The Bertz CT molecular complexity index is 1150. The lowest BCUT2D eigenvalue weighted by atomic mass is 9.86. The number of carbonyl (C=O) groups is 1. The minimum absolute atomic E-state index is 0.0311. The molecule has 0 aliphatic carbocycles. The van der Waals surface area contributed by atoms with E-state index in [2.05, 4.69) is 26.1 Å². The molecule has 2 aromatic carbocycles. The first-order valence-corrected chi connectivity index (χ1v) is 11.4. The van der Waals surface area contributed by atoms with E-state index in [0.717, 1.165) is 29.5 Å². The number of hydrogen-bond donors (Lipinski definition) is 2. The van der Waals surface area contributed by atoms with Crippen LogP contribution in [0.5, 0.6) is 5.75 Å². The fraction of sp³-hybridized carbons (Fsp3) is 0.318. The number of carbonyl (C=O) groups excluding carboxylic acids is 1. The van der Waals surface area contributed by atoms with Crippen molar-refractivity contribution in [1.29, 1.82) is 0 Å². The predicted molar refractivity (Wildman–Crippen MR) is 115 cm³/mol. The van der Waals surface area contributed by atoms with E-state index < -0.39 is 33.3 Å². The fourth-order valence-electron chi connectivity index (χ4n) is 3.07. The zero-order valence-corrected chi connectivity index (χ0v) is 18.5. The Morgan fingerprint density at radius 2 is 1.77 bits per heavy atom. The molecule has 31 heavy (non-hydrogen) atoms. The van der Waals surface area contributed by atoms with Crippen molar-refractivity contribution in [2.75, 3.05) is 17.6 Å². The second kappa shape index (κ2) is 8.30. The number of halogens is 2. The third kappa shape index (κ3) is 5.61. The molecule has 1 heterocycles. The lowest BCUT2D eigenvalue weighted by molar-refractivity contribution is -0.117. The fourth-order valence-corrected chi connectivity index (χ4v) is 3.63. The summed E-state index contributed by atoms with van der Waals surface area (Å²) in [5.74, 6) is -1.87. The maximum Gasteiger partial charge on any atom is 0.250 e. The Kier molecular flexibility index (Phi) is 6.09. The van der Waals surface area contributed by atoms with Crippen molar-refractivity contribution in [3.63, 3.8) is 0 Å². The molecule has 1 aliphatic rings. The van der Waals surface area contributed by atoms with Crippen molar-refractivity contribution in [3.8, 4) is 5.75 Å². The number of rotatable bonds is 5. The average Bonchev–Trinajstić information content (AvgIpc) is 2.66. The molecule has 0 atom stereocenters. The molecule has 0 aromatic heterocycles. The summed E-state index contributed by atoms with van der Waals surface area (Å²) in [5, 5.41) is 2.60. The van der Waals surface area contributed by atoms with Crippen LogP contribution in [0.15, 0.2) is 35.9 Å².